The molecule has 0 unspecified atom stereocenters. The zero-order valence-corrected chi connectivity index (χ0v) is 13.6. The largest absolute Gasteiger partial charge is 0.481 e. The minimum Gasteiger partial charge on any atom is -0.481 e. The molecule has 0 bridgehead atoms. The fourth-order valence-electron chi connectivity index (χ4n) is 2.16. The monoisotopic (exact) mass is 316 g/mol. The summed E-state index contributed by atoms with van der Waals surface area (Å²) in [6.45, 7) is 5.00. The van der Waals surface area contributed by atoms with E-state index in [9.17, 15) is 9.59 Å². The fraction of sp³-hybridized carbons (Fsp3) is 0.875. The highest BCUT2D eigenvalue weighted by molar-refractivity contribution is 5.67. The Morgan fingerprint density at radius 1 is 0.636 bits per heavy atom. The van der Waals surface area contributed by atoms with Gasteiger partial charge < -0.3 is 20.8 Å². The highest BCUT2D eigenvalue weighted by atomic mass is 16.4. The van der Waals surface area contributed by atoms with E-state index in [-0.39, 0.29) is 12.8 Å². The average Bonchev–Trinajstić information content (AvgIpc) is 2.56. The number of hydrogen-bond donors (Lipinski definition) is 4. The molecule has 2 rings (SSSR count). The van der Waals surface area contributed by atoms with Crippen LogP contribution in [-0.2, 0) is 9.59 Å². The lowest BCUT2D eigenvalue weighted by Gasteiger charge is -2.08. The van der Waals surface area contributed by atoms with Crippen LogP contribution in [0.25, 0.3) is 0 Å². The Balaban J connectivity index is 0.000000315. The van der Waals surface area contributed by atoms with Gasteiger partial charge in [0.25, 0.3) is 0 Å². The molecule has 0 radical (unpaired) electrons. The summed E-state index contributed by atoms with van der Waals surface area (Å²) in [6, 6.07) is 0. The van der Waals surface area contributed by atoms with Gasteiger partial charge in [-0.3, -0.25) is 9.59 Å². The molecule has 6 heteroatoms. The molecular formula is C16H32N2O4. The number of aliphatic carboxylic acids is 2. The second kappa shape index (κ2) is 16.2. The van der Waals surface area contributed by atoms with Gasteiger partial charge in [-0.25, -0.2) is 0 Å². The first kappa shape index (κ1) is 20.9. The smallest absolute Gasteiger partial charge is 0.303 e. The summed E-state index contributed by atoms with van der Waals surface area (Å²) >= 11 is 0. The van der Waals surface area contributed by atoms with Crippen molar-refractivity contribution >= 4 is 11.9 Å². The topological polar surface area (TPSA) is 98.7 Å². The van der Waals surface area contributed by atoms with Crippen LogP contribution in [-0.4, -0.2) is 48.3 Å². The van der Waals surface area contributed by atoms with Crippen molar-refractivity contribution in [1.29, 1.82) is 0 Å². The Bertz CT molecular complexity index is 226. The Kier molecular flexibility index (Phi) is 15.4. The van der Waals surface area contributed by atoms with E-state index in [1.807, 2.05) is 0 Å². The Morgan fingerprint density at radius 2 is 0.955 bits per heavy atom. The third-order valence-electron chi connectivity index (χ3n) is 3.45. The number of nitrogens with one attached hydrogen (secondary N) is 2. The van der Waals surface area contributed by atoms with E-state index in [1.54, 1.807) is 0 Å². The van der Waals surface area contributed by atoms with Gasteiger partial charge in [-0.1, -0.05) is 12.8 Å². The summed E-state index contributed by atoms with van der Waals surface area (Å²) in [4.78, 5) is 19.8. The molecule has 22 heavy (non-hydrogen) atoms. The molecular weight excluding hydrogens is 284 g/mol. The molecule has 0 saturated carbocycles. The molecule has 0 amide bonds. The third-order valence-corrected chi connectivity index (χ3v) is 3.45. The van der Waals surface area contributed by atoms with Crippen molar-refractivity contribution in [2.75, 3.05) is 26.2 Å². The predicted octanol–water partition coefficient (Wildman–Crippen LogP) is 2.24. The second-order valence-electron chi connectivity index (χ2n) is 5.62. The Morgan fingerprint density at radius 3 is 1.09 bits per heavy atom. The highest BCUT2D eigenvalue weighted by Crippen LogP contribution is 1.99. The molecule has 2 heterocycles. The fourth-order valence-corrected chi connectivity index (χ4v) is 2.16. The van der Waals surface area contributed by atoms with Crippen molar-refractivity contribution in [2.45, 2.75) is 64.2 Å². The lowest BCUT2D eigenvalue weighted by Crippen LogP contribution is -2.21. The molecule has 0 spiro atoms. The quantitative estimate of drug-likeness (QED) is 0.581. The first-order chi connectivity index (χ1) is 10.6. The number of carbonyl (C=O) groups is 2. The van der Waals surface area contributed by atoms with E-state index in [1.165, 1.54) is 64.7 Å². The second-order valence-corrected chi connectivity index (χ2v) is 5.62. The van der Waals surface area contributed by atoms with Crippen LogP contribution in [0.1, 0.15) is 64.2 Å². The van der Waals surface area contributed by atoms with Gasteiger partial charge in [0.05, 0.1) is 0 Å². The predicted molar refractivity (Wildman–Crippen MR) is 87.2 cm³/mol. The zero-order valence-electron chi connectivity index (χ0n) is 13.6. The Labute approximate surface area is 133 Å². The summed E-state index contributed by atoms with van der Waals surface area (Å²) < 4.78 is 0. The van der Waals surface area contributed by atoms with Gasteiger partial charge in [-0.2, -0.15) is 0 Å². The van der Waals surface area contributed by atoms with Gasteiger partial charge in [0.15, 0.2) is 0 Å². The van der Waals surface area contributed by atoms with Crippen LogP contribution in [0.15, 0.2) is 0 Å². The average molecular weight is 316 g/mol. The van der Waals surface area contributed by atoms with Crippen LogP contribution in [0.2, 0.25) is 0 Å². The van der Waals surface area contributed by atoms with Gasteiger partial charge in [0, 0.05) is 12.8 Å². The number of piperidine rings is 2. The van der Waals surface area contributed by atoms with E-state index in [2.05, 4.69) is 10.6 Å². The summed E-state index contributed by atoms with van der Waals surface area (Å²) in [6.07, 6.45) is 9.45. The molecule has 0 aromatic carbocycles. The van der Waals surface area contributed by atoms with Gasteiger partial charge in [-0.15, -0.1) is 0 Å². The lowest BCUT2D eigenvalue weighted by molar-refractivity contribution is -0.139. The molecule has 4 N–H and O–H groups in total. The zero-order chi connectivity index (χ0) is 16.5. The minimum atomic E-state index is -0.870. The van der Waals surface area contributed by atoms with Crippen molar-refractivity contribution < 1.29 is 19.8 Å². The number of carboxylic acids is 2. The van der Waals surface area contributed by atoms with Crippen LogP contribution in [0.4, 0.5) is 0 Å². The van der Waals surface area contributed by atoms with E-state index < -0.39 is 11.9 Å². The molecule has 0 aliphatic carbocycles. The van der Waals surface area contributed by atoms with E-state index in [4.69, 9.17) is 10.2 Å². The summed E-state index contributed by atoms with van der Waals surface area (Å²) in [5.41, 5.74) is 0. The van der Waals surface area contributed by atoms with Crippen molar-refractivity contribution in [2.24, 2.45) is 0 Å². The molecule has 130 valence electrons. The third kappa shape index (κ3) is 18.9. The SMILES string of the molecule is C1CCNCC1.C1CCNCC1.O=C(O)CCCCC(=O)O. The number of unbranched alkanes of at least 4 members (excludes halogenated alkanes) is 1. The van der Waals surface area contributed by atoms with Gasteiger partial charge in [0.2, 0.25) is 0 Å². The lowest BCUT2D eigenvalue weighted by atomic mass is 10.2. The maximum absolute atomic E-state index is 9.90. The van der Waals surface area contributed by atoms with E-state index in [0.29, 0.717) is 12.8 Å². The minimum absolute atomic E-state index is 0.0628. The molecule has 2 aliphatic rings. The van der Waals surface area contributed by atoms with Crippen LogP contribution < -0.4 is 10.6 Å². The van der Waals surface area contributed by atoms with E-state index >= 15 is 0 Å². The number of carboxylic acid groups (broad SMARTS) is 2. The maximum atomic E-state index is 9.90. The first-order valence-corrected chi connectivity index (χ1v) is 8.48. The van der Waals surface area contributed by atoms with Crippen LogP contribution in [0.3, 0.4) is 0 Å². The summed E-state index contributed by atoms with van der Waals surface area (Å²) in [7, 11) is 0. The molecule has 6 nitrogen and oxygen atoms in total. The van der Waals surface area contributed by atoms with Gasteiger partial charge in [-0.05, 0) is 64.7 Å². The van der Waals surface area contributed by atoms with Crippen LogP contribution in [0, 0.1) is 0 Å². The molecule has 0 atom stereocenters. The van der Waals surface area contributed by atoms with Crippen molar-refractivity contribution in [3.63, 3.8) is 0 Å². The normalized spacial score (nSPS) is 17.3. The summed E-state index contributed by atoms with van der Waals surface area (Å²) in [5, 5.41) is 22.8. The molecule has 0 aromatic rings. The number of rotatable bonds is 5. The van der Waals surface area contributed by atoms with Gasteiger partial charge in [0.1, 0.15) is 0 Å². The molecule has 2 fully saturated rings. The summed E-state index contributed by atoms with van der Waals surface area (Å²) in [5.74, 6) is -1.74. The standard InChI is InChI=1S/C6H10O4.2C5H11N/c7-5(8)3-1-2-4-6(9)10;2*1-2-4-6-5-3-1/h1-4H2,(H,7,8)(H,9,10);2*6H,1-5H2. The first-order valence-electron chi connectivity index (χ1n) is 8.48. The van der Waals surface area contributed by atoms with Crippen molar-refractivity contribution in [3.8, 4) is 0 Å². The molecule has 2 aliphatic heterocycles. The molecule has 2 saturated heterocycles. The van der Waals surface area contributed by atoms with Crippen molar-refractivity contribution in [1.82, 2.24) is 10.6 Å². The van der Waals surface area contributed by atoms with E-state index in [0.717, 1.165) is 0 Å². The highest BCUT2D eigenvalue weighted by Gasteiger charge is 1.99. The maximum Gasteiger partial charge on any atom is 0.303 e. The number of hydrogen-bond acceptors (Lipinski definition) is 4. The van der Waals surface area contributed by atoms with Crippen molar-refractivity contribution in [3.05, 3.63) is 0 Å². The van der Waals surface area contributed by atoms with Crippen LogP contribution in [0.5, 0.6) is 0 Å². The van der Waals surface area contributed by atoms with Gasteiger partial charge >= 0.3 is 11.9 Å². The van der Waals surface area contributed by atoms with Crippen LogP contribution >= 0.6 is 0 Å². The molecule has 0 aromatic heterocycles. The Hall–Kier alpha value is -1.14.